The van der Waals surface area contributed by atoms with Crippen molar-refractivity contribution in [3.8, 4) is 0 Å². The molecule has 0 saturated heterocycles. The van der Waals surface area contributed by atoms with Gasteiger partial charge in [-0.2, -0.15) is 0 Å². The lowest BCUT2D eigenvalue weighted by Crippen LogP contribution is -2.32. The normalized spacial score (nSPS) is 27.0. The second-order valence-electron chi connectivity index (χ2n) is 5.43. The van der Waals surface area contributed by atoms with E-state index in [2.05, 4.69) is 12.2 Å². The van der Waals surface area contributed by atoms with Gasteiger partial charge in [-0.3, -0.25) is 0 Å². The molecular formula is C14H29NO2. The highest BCUT2D eigenvalue weighted by Gasteiger charge is 2.17. The van der Waals surface area contributed by atoms with E-state index in [1.54, 1.807) is 0 Å². The van der Waals surface area contributed by atoms with Crippen molar-refractivity contribution in [1.82, 2.24) is 5.32 Å². The summed E-state index contributed by atoms with van der Waals surface area (Å²) in [5.74, 6) is 1.84. The van der Waals surface area contributed by atoms with Gasteiger partial charge in [0, 0.05) is 13.2 Å². The summed E-state index contributed by atoms with van der Waals surface area (Å²) in [4.78, 5) is 0. The Morgan fingerprint density at radius 1 is 1.29 bits per heavy atom. The molecule has 0 aromatic carbocycles. The quantitative estimate of drug-likeness (QED) is 0.642. The van der Waals surface area contributed by atoms with Crippen molar-refractivity contribution in [2.24, 2.45) is 11.8 Å². The molecule has 0 heterocycles. The molecule has 1 atom stereocenters. The second kappa shape index (κ2) is 8.90. The Hall–Kier alpha value is -0.120. The summed E-state index contributed by atoms with van der Waals surface area (Å²) in [6, 6.07) is 0. The van der Waals surface area contributed by atoms with Gasteiger partial charge in [-0.1, -0.05) is 32.6 Å². The van der Waals surface area contributed by atoms with Gasteiger partial charge in [-0.05, 0) is 31.7 Å². The summed E-state index contributed by atoms with van der Waals surface area (Å²) in [5, 5.41) is 12.9. The number of aliphatic hydroxyl groups excluding tert-OH is 1. The Kier molecular flexibility index (Phi) is 7.82. The maximum Gasteiger partial charge on any atom is 0.0897 e. The van der Waals surface area contributed by atoms with E-state index in [-0.39, 0.29) is 6.10 Å². The summed E-state index contributed by atoms with van der Waals surface area (Å²) in [6.45, 7) is 7.12. The number of hydrogen-bond acceptors (Lipinski definition) is 3. The average molecular weight is 243 g/mol. The van der Waals surface area contributed by atoms with Gasteiger partial charge < -0.3 is 15.2 Å². The van der Waals surface area contributed by atoms with Crippen LogP contribution in [0.2, 0.25) is 0 Å². The van der Waals surface area contributed by atoms with Crippen LogP contribution in [0.3, 0.4) is 0 Å². The fourth-order valence-electron chi connectivity index (χ4n) is 2.51. The molecule has 1 aliphatic carbocycles. The molecule has 1 fully saturated rings. The minimum Gasteiger partial charge on any atom is -0.389 e. The molecule has 0 aromatic rings. The summed E-state index contributed by atoms with van der Waals surface area (Å²) in [6.07, 6.45) is 6.49. The first-order valence-corrected chi connectivity index (χ1v) is 7.18. The van der Waals surface area contributed by atoms with Gasteiger partial charge in [-0.25, -0.2) is 0 Å². The van der Waals surface area contributed by atoms with Gasteiger partial charge in [0.05, 0.1) is 12.7 Å². The largest absolute Gasteiger partial charge is 0.389 e. The summed E-state index contributed by atoms with van der Waals surface area (Å²) in [7, 11) is 0. The Morgan fingerprint density at radius 3 is 2.65 bits per heavy atom. The lowest BCUT2D eigenvalue weighted by Gasteiger charge is -2.26. The van der Waals surface area contributed by atoms with Gasteiger partial charge in [0.25, 0.3) is 0 Å². The minimum atomic E-state index is -0.360. The Labute approximate surface area is 106 Å². The molecular weight excluding hydrogens is 214 g/mol. The van der Waals surface area contributed by atoms with Crippen LogP contribution in [-0.4, -0.2) is 37.5 Å². The number of nitrogens with one attached hydrogen (secondary N) is 1. The molecule has 1 unspecified atom stereocenters. The molecule has 0 bridgehead atoms. The van der Waals surface area contributed by atoms with E-state index in [4.69, 9.17) is 4.74 Å². The molecule has 1 aliphatic rings. The van der Waals surface area contributed by atoms with E-state index in [0.29, 0.717) is 19.8 Å². The molecule has 0 amide bonds. The maximum atomic E-state index is 9.56. The standard InChI is InChI=1S/C14H29NO2/c1-3-17-11-14(16)10-15-9-8-13-6-4-12(2)5-7-13/h12-16H,3-11H2,1-2H3. The minimum absolute atomic E-state index is 0.360. The first-order valence-electron chi connectivity index (χ1n) is 7.18. The van der Waals surface area contributed by atoms with E-state index in [1.807, 2.05) is 6.92 Å². The first-order chi connectivity index (χ1) is 8.22. The molecule has 2 N–H and O–H groups in total. The molecule has 1 rings (SSSR count). The highest BCUT2D eigenvalue weighted by molar-refractivity contribution is 4.71. The van der Waals surface area contributed by atoms with Crippen LogP contribution < -0.4 is 5.32 Å². The van der Waals surface area contributed by atoms with Crippen LogP contribution in [-0.2, 0) is 4.74 Å². The summed E-state index contributed by atoms with van der Waals surface area (Å²) in [5.41, 5.74) is 0. The van der Waals surface area contributed by atoms with Crippen LogP contribution in [0.25, 0.3) is 0 Å². The molecule has 0 aromatic heterocycles. The fourth-order valence-corrected chi connectivity index (χ4v) is 2.51. The Morgan fingerprint density at radius 2 is 2.00 bits per heavy atom. The van der Waals surface area contributed by atoms with E-state index in [0.717, 1.165) is 18.4 Å². The Bertz CT molecular complexity index is 179. The first kappa shape index (κ1) is 14.9. The van der Waals surface area contributed by atoms with E-state index < -0.39 is 0 Å². The van der Waals surface area contributed by atoms with Crippen molar-refractivity contribution in [2.45, 2.75) is 52.1 Å². The Balaban J connectivity index is 1.93. The molecule has 0 radical (unpaired) electrons. The van der Waals surface area contributed by atoms with E-state index >= 15 is 0 Å². The monoisotopic (exact) mass is 243 g/mol. The van der Waals surface area contributed by atoms with Crippen molar-refractivity contribution in [1.29, 1.82) is 0 Å². The predicted molar refractivity (Wildman–Crippen MR) is 71.1 cm³/mol. The number of rotatable bonds is 8. The fraction of sp³-hybridized carbons (Fsp3) is 1.00. The topological polar surface area (TPSA) is 41.5 Å². The molecule has 102 valence electrons. The second-order valence-corrected chi connectivity index (χ2v) is 5.43. The van der Waals surface area contributed by atoms with Crippen LogP contribution >= 0.6 is 0 Å². The summed E-state index contributed by atoms with van der Waals surface area (Å²) >= 11 is 0. The highest BCUT2D eigenvalue weighted by atomic mass is 16.5. The van der Waals surface area contributed by atoms with Crippen LogP contribution in [0.1, 0.15) is 46.0 Å². The lowest BCUT2D eigenvalue weighted by molar-refractivity contribution is 0.0427. The third kappa shape index (κ3) is 7.02. The van der Waals surface area contributed by atoms with Crippen molar-refractivity contribution in [2.75, 3.05) is 26.3 Å². The van der Waals surface area contributed by atoms with Gasteiger partial charge in [0.15, 0.2) is 0 Å². The number of hydrogen-bond donors (Lipinski definition) is 2. The van der Waals surface area contributed by atoms with E-state index in [1.165, 1.54) is 32.1 Å². The van der Waals surface area contributed by atoms with Crippen LogP contribution in [0, 0.1) is 11.8 Å². The molecule has 3 nitrogen and oxygen atoms in total. The third-order valence-corrected chi connectivity index (χ3v) is 3.76. The zero-order chi connectivity index (χ0) is 12.5. The molecule has 3 heteroatoms. The smallest absolute Gasteiger partial charge is 0.0897 e. The third-order valence-electron chi connectivity index (χ3n) is 3.76. The predicted octanol–water partition coefficient (Wildman–Crippen LogP) is 2.19. The van der Waals surface area contributed by atoms with Crippen molar-refractivity contribution >= 4 is 0 Å². The van der Waals surface area contributed by atoms with Crippen LogP contribution in [0.5, 0.6) is 0 Å². The van der Waals surface area contributed by atoms with Gasteiger partial charge in [0.1, 0.15) is 0 Å². The zero-order valence-electron chi connectivity index (χ0n) is 11.5. The highest BCUT2D eigenvalue weighted by Crippen LogP contribution is 2.29. The zero-order valence-corrected chi connectivity index (χ0v) is 11.5. The van der Waals surface area contributed by atoms with Gasteiger partial charge in [0.2, 0.25) is 0 Å². The molecule has 17 heavy (non-hydrogen) atoms. The van der Waals surface area contributed by atoms with Crippen molar-refractivity contribution in [3.05, 3.63) is 0 Å². The molecule has 0 aliphatic heterocycles. The number of aliphatic hydroxyl groups is 1. The van der Waals surface area contributed by atoms with Gasteiger partial charge >= 0.3 is 0 Å². The summed E-state index contributed by atoms with van der Waals surface area (Å²) < 4.78 is 5.16. The molecule has 0 spiro atoms. The molecule has 1 saturated carbocycles. The average Bonchev–Trinajstić information content (AvgIpc) is 2.34. The maximum absolute atomic E-state index is 9.56. The van der Waals surface area contributed by atoms with Crippen molar-refractivity contribution in [3.63, 3.8) is 0 Å². The van der Waals surface area contributed by atoms with Gasteiger partial charge in [-0.15, -0.1) is 0 Å². The van der Waals surface area contributed by atoms with Crippen molar-refractivity contribution < 1.29 is 9.84 Å². The van der Waals surface area contributed by atoms with E-state index in [9.17, 15) is 5.11 Å². The SMILES string of the molecule is CCOCC(O)CNCCC1CCC(C)CC1. The van der Waals surface area contributed by atoms with Crippen LogP contribution in [0.15, 0.2) is 0 Å². The lowest BCUT2D eigenvalue weighted by atomic mass is 9.81. The number of ether oxygens (including phenoxy) is 1. The van der Waals surface area contributed by atoms with Crippen LogP contribution in [0.4, 0.5) is 0 Å².